The molecule has 2 rings (SSSR count). The fraction of sp³-hybridized carbons (Fsp3) is 0.231. The zero-order chi connectivity index (χ0) is 13.1. The van der Waals surface area contributed by atoms with Crippen LogP contribution in [0.2, 0.25) is 0 Å². The molecule has 1 aromatic carbocycles. The van der Waals surface area contributed by atoms with Crippen LogP contribution in [0.4, 0.5) is 0 Å². The van der Waals surface area contributed by atoms with Gasteiger partial charge in [0.25, 0.3) is 0 Å². The largest absolute Gasteiger partial charge is 0.486 e. The molecule has 0 aliphatic heterocycles. The summed E-state index contributed by atoms with van der Waals surface area (Å²) in [5.41, 5.74) is 2.40. The zero-order valence-corrected chi connectivity index (χ0v) is 11.7. The topological polar surface area (TPSA) is 50.8 Å². The van der Waals surface area contributed by atoms with Crippen LogP contribution < -0.4 is 4.74 Å². The van der Waals surface area contributed by atoms with E-state index in [2.05, 4.69) is 27.1 Å². The van der Waals surface area contributed by atoms with E-state index in [1.165, 1.54) is 0 Å². The van der Waals surface area contributed by atoms with E-state index >= 15 is 0 Å². The monoisotopic (exact) mass is 305 g/mol. The van der Waals surface area contributed by atoms with Crippen LogP contribution in [0.1, 0.15) is 17.0 Å². The van der Waals surface area contributed by atoms with Gasteiger partial charge in [-0.1, -0.05) is 12.1 Å². The molecule has 18 heavy (non-hydrogen) atoms. The average Bonchev–Trinajstić information content (AvgIpc) is 2.62. The van der Waals surface area contributed by atoms with Crippen LogP contribution in [0.3, 0.4) is 0 Å². The molecule has 2 aromatic rings. The molecule has 0 amide bonds. The summed E-state index contributed by atoms with van der Waals surface area (Å²) in [6, 6.07) is 9.29. The van der Waals surface area contributed by atoms with Gasteiger partial charge in [0.2, 0.25) is 0 Å². The minimum Gasteiger partial charge on any atom is -0.486 e. The summed E-state index contributed by atoms with van der Waals surface area (Å²) in [5.74, 6) is 0.589. The molecule has 1 heterocycles. The Kier molecular flexibility index (Phi) is 3.68. The molecule has 92 valence electrons. The maximum Gasteiger partial charge on any atom is 0.137 e. The Labute approximate surface area is 114 Å². The van der Waals surface area contributed by atoms with Crippen LogP contribution in [-0.4, -0.2) is 9.78 Å². The Morgan fingerprint density at radius 1 is 1.44 bits per heavy atom. The number of hydrogen-bond acceptors (Lipinski definition) is 3. The number of ether oxygens (including phenoxy) is 1. The van der Waals surface area contributed by atoms with Gasteiger partial charge in [0.05, 0.1) is 21.4 Å². The molecular weight excluding hydrogens is 294 g/mol. The minimum atomic E-state index is 0.372. The lowest BCUT2D eigenvalue weighted by Gasteiger charge is -2.08. The third kappa shape index (κ3) is 2.39. The molecule has 4 nitrogen and oxygen atoms in total. The van der Waals surface area contributed by atoms with Crippen molar-refractivity contribution in [1.82, 2.24) is 9.78 Å². The van der Waals surface area contributed by atoms with Crippen molar-refractivity contribution in [3.8, 4) is 11.8 Å². The molecule has 0 radical (unpaired) electrons. The first-order chi connectivity index (χ1) is 8.63. The second-order valence-corrected chi connectivity index (χ2v) is 4.66. The van der Waals surface area contributed by atoms with E-state index in [1.807, 2.05) is 26.1 Å². The summed E-state index contributed by atoms with van der Waals surface area (Å²) in [6.07, 6.45) is 0. The third-order valence-corrected chi connectivity index (χ3v) is 3.67. The molecule has 0 aliphatic carbocycles. The van der Waals surface area contributed by atoms with Crippen molar-refractivity contribution < 1.29 is 4.74 Å². The number of aryl methyl sites for hydroxylation is 2. The summed E-state index contributed by atoms with van der Waals surface area (Å²) in [4.78, 5) is 0. The predicted molar refractivity (Wildman–Crippen MR) is 71.1 cm³/mol. The third-order valence-electron chi connectivity index (χ3n) is 2.63. The lowest BCUT2D eigenvalue weighted by atomic mass is 10.2. The fourth-order valence-corrected chi connectivity index (χ4v) is 2.12. The van der Waals surface area contributed by atoms with Crippen LogP contribution in [0.5, 0.6) is 5.75 Å². The maximum absolute atomic E-state index is 8.97. The highest BCUT2D eigenvalue weighted by atomic mass is 79.9. The number of rotatable bonds is 3. The van der Waals surface area contributed by atoms with Gasteiger partial charge in [-0.3, -0.25) is 4.68 Å². The molecule has 0 bridgehead atoms. The summed E-state index contributed by atoms with van der Waals surface area (Å²) < 4.78 is 8.39. The highest BCUT2D eigenvalue weighted by molar-refractivity contribution is 9.10. The molecule has 0 fully saturated rings. The van der Waals surface area contributed by atoms with Crippen molar-refractivity contribution in [1.29, 1.82) is 5.26 Å². The standard InChI is InChI=1S/C13H12BrN3O/c1-9-13(14)11(17(2)16-9)8-18-12-6-4-3-5-10(12)7-15/h3-6H,8H2,1-2H3. The van der Waals surface area contributed by atoms with Crippen LogP contribution in [0.25, 0.3) is 0 Å². The van der Waals surface area contributed by atoms with Gasteiger partial charge in [-0.2, -0.15) is 10.4 Å². The highest BCUT2D eigenvalue weighted by Gasteiger charge is 2.11. The smallest absolute Gasteiger partial charge is 0.137 e. The number of benzene rings is 1. The molecule has 0 atom stereocenters. The first-order valence-corrected chi connectivity index (χ1v) is 6.22. The van der Waals surface area contributed by atoms with E-state index in [1.54, 1.807) is 16.8 Å². The Morgan fingerprint density at radius 3 is 2.78 bits per heavy atom. The molecule has 1 aromatic heterocycles. The van der Waals surface area contributed by atoms with Gasteiger partial charge in [0, 0.05) is 7.05 Å². The van der Waals surface area contributed by atoms with E-state index in [0.29, 0.717) is 17.9 Å². The first-order valence-electron chi connectivity index (χ1n) is 5.43. The summed E-state index contributed by atoms with van der Waals surface area (Å²) in [5, 5.41) is 13.3. The number of nitrogens with zero attached hydrogens (tertiary/aromatic N) is 3. The van der Waals surface area contributed by atoms with E-state index in [0.717, 1.165) is 15.9 Å². The quantitative estimate of drug-likeness (QED) is 0.876. The minimum absolute atomic E-state index is 0.372. The summed E-state index contributed by atoms with van der Waals surface area (Å²) in [6.45, 7) is 2.30. The molecule has 0 spiro atoms. The second-order valence-electron chi connectivity index (χ2n) is 3.87. The van der Waals surface area contributed by atoms with Crippen molar-refractivity contribution in [2.24, 2.45) is 7.05 Å². The van der Waals surface area contributed by atoms with Gasteiger partial charge in [0.1, 0.15) is 18.4 Å². The normalized spacial score (nSPS) is 10.1. The van der Waals surface area contributed by atoms with Crippen molar-refractivity contribution >= 4 is 15.9 Å². The van der Waals surface area contributed by atoms with Crippen molar-refractivity contribution in [2.75, 3.05) is 0 Å². The van der Waals surface area contributed by atoms with E-state index in [4.69, 9.17) is 10.00 Å². The number of hydrogen-bond donors (Lipinski definition) is 0. The number of para-hydroxylation sites is 1. The number of halogens is 1. The van der Waals surface area contributed by atoms with E-state index in [9.17, 15) is 0 Å². The van der Waals surface area contributed by atoms with Crippen LogP contribution in [0.15, 0.2) is 28.7 Å². The fourth-order valence-electron chi connectivity index (χ4n) is 1.67. The van der Waals surface area contributed by atoms with E-state index in [-0.39, 0.29) is 0 Å². The Hall–Kier alpha value is -1.80. The van der Waals surface area contributed by atoms with Gasteiger partial charge in [-0.05, 0) is 35.0 Å². The zero-order valence-electron chi connectivity index (χ0n) is 10.1. The molecular formula is C13H12BrN3O. The Balaban J connectivity index is 2.20. The van der Waals surface area contributed by atoms with Crippen LogP contribution in [0, 0.1) is 18.3 Å². The lowest BCUT2D eigenvalue weighted by Crippen LogP contribution is -2.04. The van der Waals surface area contributed by atoms with E-state index < -0.39 is 0 Å². The summed E-state index contributed by atoms with van der Waals surface area (Å²) >= 11 is 3.48. The average molecular weight is 306 g/mol. The summed E-state index contributed by atoms with van der Waals surface area (Å²) in [7, 11) is 1.87. The molecule has 5 heteroatoms. The van der Waals surface area contributed by atoms with Crippen molar-refractivity contribution in [2.45, 2.75) is 13.5 Å². The Bertz CT molecular complexity index is 613. The SMILES string of the molecule is Cc1nn(C)c(COc2ccccc2C#N)c1Br. The van der Waals surface area contributed by atoms with Gasteiger partial charge in [-0.15, -0.1) is 0 Å². The lowest BCUT2D eigenvalue weighted by molar-refractivity contribution is 0.293. The number of nitriles is 1. The van der Waals surface area contributed by atoms with Gasteiger partial charge < -0.3 is 4.74 Å². The molecule has 0 saturated carbocycles. The predicted octanol–water partition coefficient (Wildman–Crippen LogP) is 2.94. The van der Waals surface area contributed by atoms with Crippen molar-refractivity contribution in [3.05, 3.63) is 45.7 Å². The second kappa shape index (κ2) is 5.23. The van der Waals surface area contributed by atoms with Gasteiger partial charge in [0.15, 0.2) is 0 Å². The first kappa shape index (κ1) is 12.7. The van der Waals surface area contributed by atoms with Crippen LogP contribution in [-0.2, 0) is 13.7 Å². The maximum atomic E-state index is 8.97. The van der Waals surface area contributed by atoms with Gasteiger partial charge in [-0.25, -0.2) is 0 Å². The van der Waals surface area contributed by atoms with Crippen LogP contribution >= 0.6 is 15.9 Å². The van der Waals surface area contributed by atoms with Gasteiger partial charge >= 0.3 is 0 Å². The molecule has 0 aliphatic rings. The van der Waals surface area contributed by atoms with Crippen molar-refractivity contribution in [3.63, 3.8) is 0 Å². The highest BCUT2D eigenvalue weighted by Crippen LogP contribution is 2.23. The molecule has 0 unspecified atom stereocenters. The molecule has 0 saturated heterocycles. The molecule has 0 N–H and O–H groups in total. The number of aromatic nitrogens is 2. The Morgan fingerprint density at radius 2 is 2.17 bits per heavy atom.